The van der Waals surface area contributed by atoms with Crippen molar-refractivity contribution in [2.75, 3.05) is 5.75 Å². The third kappa shape index (κ3) is 7.59. The number of hydrogen-bond donors (Lipinski definition) is 1. The van der Waals surface area contributed by atoms with E-state index < -0.39 is 22.5 Å². The van der Waals surface area contributed by atoms with Gasteiger partial charge in [0.2, 0.25) is 0 Å². The van der Waals surface area contributed by atoms with Crippen molar-refractivity contribution in [3.05, 3.63) is 11.2 Å². The highest BCUT2D eigenvalue weighted by Gasteiger charge is 2.16. The maximum absolute atomic E-state index is 11.5. The van der Waals surface area contributed by atoms with Crippen LogP contribution in [0, 0.1) is 0 Å². The molecule has 1 heterocycles. The third-order valence-corrected chi connectivity index (χ3v) is 4.48. The number of nitrogens with zero attached hydrogens (tertiary/aromatic N) is 1. The van der Waals surface area contributed by atoms with Crippen molar-refractivity contribution in [2.24, 2.45) is 0 Å². The van der Waals surface area contributed by atoms with Crippen LogP contribution in [-0.2, 0) is 22.1 Å². The molecule has 1 N–H and O–H groups in total. The molecule has 0 radical (unpaired) electrons. The SMILES string of the molecule is CC.CCS(=O)c1cnc(CNC(=O)OC(C)(C)C)s1.[HH]. The Labute approximate surface area is 129 Å². The van der Waals surface area contributed by atoms with E-state index in [9.17, 15) is 9.00 Å². The van der Waals surface area contributed by atoms with Gasteiger partial charge in [-0.05, 0) is 20.8 Å². The number of amides is 1. The first kappa shape index (κ1) is 19.1. The van der Waals surface area contributed by atoms with Crippen LogP contribution in [0.2, 0.25) is 0 Å². The predicted octanol–water partition coefficient (Wildman–Crippen LogP) is 3.57. The van der Waals surface area contributed by atoms with E-state index in [0.717, 1.165) is 9.22 Å². The second kappa shape index (κ2) is 9.07. The highest BCUT2D eigenvalue weighted by Crippen LogP contribution is 2.17. The molecule has 1 amide bonds. The molecule has 0 aliphatic carbocycles. The average molecular weight is 322 g/mol. The van der Waals surface area contributed by atoms with Gasteiger partial charge >= 0.3 is 6.09 Å². The molecule has 1 aromatic rings. The summed E-state index contributed by atoms with van der Waals surface area (Å²) in [5, 5.41) is 3.33. The Bertz CT molecular complexity index is 445. The van der Waals surface area contributed by atoms with Crippen molar-refractivity contribution < 1.29 is 15.2 Å². The second-order valence-corrected chi connectivity index (χ2v) is 7.64. The lowest BCUT2D eigenvalue weighted by Gasteiger charge is -2.19. The number of carbonyl (C=O) groups is 1. The van der Waals surface area contributed by atoms with Gasteiger partial charge < -0.3 is 10.1 Å². The van der Waals surface area contributed by atoms with Gasteiger partial charge in [-0.15, -0.1) is 11.3 Å². The largest absolute Gasteiger partial charge is 0.444 e. The number of alkyl carbamates (subject to hydrolysis) is 1. The number of rotatable bonds is 4. The van der Waals surface area contributed by atoms with Crippen molar-refractivity contribution in [3.8, 4) is 0 Å². The summed E-state index contributed by atoms with van der Waals surface area (Å²) in [5.41, 5.74) is -0.512. The minimum absolute atomic E-state index is 0. The van der Waals surface area contributed by atoms with Crippen LogP contribution in [0.1, 0.15) is 48.0 Å². The molecular formula is C13H26N2O3S2. The van der Waals surface area contributed by atoms with E-state index in [1.165, 1.54) is 11.3 Å². The number of carbonyl (C=O) groups excluding carboxylic acids is 1. The quantitative estimate of drug-likeness (QED) is 0.920. The van der Waals surface area contributed by atoms with Gasteiger partial charge in [-0.25, -0.2) is 9.78 Å². The van der Waals surface area contributed by atoms with Gasteiger partial charge in [0.25, 0.3) is 0 Å². The van der Waals surface area contributed by atoms with Crippen LogP contribution in [0.25, 0.3) is 0 Å². The number of aromatic nitrogens is 1. The van der Waals surface area contributed by atoms with Crippen molar-refractivity contribution in [2.45, 2.75) is 57.9 Å². The lowest BCUT2D eigenvalue weighted by Crippen LogP contribution is -2.32. The molecule has 7 heteroatoms. The van der Waals surface area contributed by atoms with E-state index in [2.05, 4.69) is 10.3 Å². The summed E-state index contributed by atoms with van der Waals surface area (Å²) in [4.78, 5) is 15.5. The lowest BCUT2D eigenvalue weighted by atomic mass is 10.2. The summed E-state index contributed by atoms with van der Waals surface area (Å²) in [6.45, 7) is 11.6. The summed E-state index contributed by atoms with van der Waals surface area (Å²) >= 11 is 1.34. The molecular weight excluding hydrogens is 296 g/mol. The zero-order valence-corrected chi connectivity index (χ0v) is 14.6. The van der Waals surface area contributed by atoms with Gasteiger partial charge in [0, 0.05) is 7.18 Å². The topological polar surface area (TPSA) is 68.3 Å². The molecule has 5 nitrogen and oxygen atoms in total. The fourth-order valence-electron chi connectivity index (χ4n) is 1.08. The molecule has 0 aliphatic rings. The van der Waals surface area contributed by atoms with Crippen LogP contribution in [0.5, 0.6) is 0 Å². The molecule has 0 spiro atoms. The zero-order valence-electron chi connectivity index (χ0n) is 13.0. The number of hydrogen-bond acceptors (Lipinski definition) is 5. The maximum Gasteiger partial charge on any atom is 0.408 e. The van der Waals surface area contributed by atoms with Gasteiger partial charge in [0.15, 0.2) is 0 Å². The monoisotopic (exact) mass is 322 g/mol. The number of nitrogens with one attached hydrogen (secondary N) is 1. The van der Waals surface area contributed by atoms with Gasteiger partial charge in [-0.2, -0.15) is 0 Å². The fraction of sp³-hybridized carbons (Fsp3) is 0.692. The molecule has 0 saturated carbocycles. The number of thiazole rings is 1. The van der Waals surface area contributed by atoms with Gasteiger partial charge in [0.05, 0.1) is 23.5 Å². The molecule has 0 saturated heterocycles. The van der Waals surface area contributed by atoms with Crippen LogP contribution in [-0.4, -0.2) is 26.6 Å². The Morgan fingerprint density at radius 3 is 2.60 bits per heavy atom. The minimum Gasteiger partial charge on any atom is -0.444 e. The number of ether oxygens (including phenoxy) is 1. The van der Waals surface area contributed by atoms with Gasteiger partial charge in [-0.1, -0.05) is 20.8 Å². The summed E-state index contributed by atoms with van der Waals surface area (Å²) in [7, 11) is -0.988. The van der Waals surface area contributed by atoms with Crippen LogP contribution in [0.3, 0.4) is 0 Å². The second-order valence-electron chi connectivity index (χ2n) is 4.56. The Hall–Kier alpha value is -0.950. The highest BCUT2D eigenvalue weighted by atomic mass is 32.2. The van der Waals surface area contributed by atoms with Gasteiger partial charge in [-0.3, -0.25) is 4.21 Å². The Morgan fingerprint density at radius 1 is 1.50 bits per heavy atom. The van der Waals surface area contributed by atoms with Crippen LogP contribution in [0.15, 0.2) is 10.4 Å². The Morgan fingerprint density at radius 2 is 2.10 bits per heavy atom. The molecule has 0 fully saturated rings. The van der Waals surface area contributed by atoms with Crippen molar-refractivity contribution in [3.63, 3.8) is 0 Å². The molecule has 118 valence electrons. The summed E-state index contributed by atoms with van der Waals surface area (Å²) in [6, 6.07) is 0. The molecule has 1 atom stereocenters. The first-order chi connectivity index (χ1) is 9.31. The summed E-state index contributed by atoms with van der Waals surface area (Å²) in [6.07, 6.45) is 1.12. The van der Waals surface area contributed by atoms with Crippen molar-refractivity contribution in [1.82, 2.24) is 10.3 Å². The van der Waals surface area contributed by atoms with Gasteiger partial charge in [0.1, 0.15) is 14.8 Å². The van der Waals surface area contributed by atoms with Crippen LogP contribution >= 0.6 is 11.3 Å². The zero-order chi connectivity index (χ0) is 15.8. The Kier molecular flexibility index (Phi) is 8.64. The van der Waals surface area contributed by atoms with E-state index in [-0.39, 0.29) is 1.43 Å². The normalized spacial score (nSPS) is 12.1. The predicted molar refractivity (Wildman–Crippen MR) is 85.6 cm³/mol. The molecule has 20 heavy (non-hydrogen) atoms. The van der Waals surface area contributed by atoms with E-state index >= 15 is 0 Å². The molecule has 1 unspecified atom stereocenters. The molecule has 1 aromatic heterocycles. The van der Waals surface area contributed by atoms with E-state index in [0.29, 0.717) is 12.3 Å². The summed E-state index contributed by atoms with van der Waals surface area (Å²) < 4.78 is 17.4. The Balaban J connectivity index is 0. The highest BCUT2D eigenvalue weighted by molar-refractivity contribution is 7.87. The van der Waals surface area contributed by atoms with E-state index in [1.54, 1.807) is 27.0 Å². The lowest BCUT2D eigenvalue weighted by molar-refractivity contribution is 0.0523. The summed E-state index contributed by atoms with van der Waals surface area (Å²) in [5.74, 6) is 0.571. The maximum atomic E-state index is 11.5. The smallest absolute Gasteiger partial charge is 0.408 e. The molecule has 1 rings (SSSR count). The van der Waals surface area contributed by atoms with Crippen molar-refractivity contribution >= 4 is 28.2 Å². The van der Waals surface area contributed by atoms with Crippen molar-refractivity contribution in [1.29, 1.82) is 0 Å². The minimum atomic E-state index is -0.988. The van der Waals surface area contributed by atoms with Crippen LogP contribution < -0.4 is 5.32 Å². The van der Waals surface area contributed by atoms with E-state index in [1.807, 2.05) is 20.8 Å². The fourth-order valence-corrected chi connectivity index (χ4v) is 3.14. The molecule has 0 bridgehead atoms. The molecule has 0 aromatic carbocycles. The average Bonchev–Trinajstić information content (AvgIpc) is 2.84. The van der Waals surface area contributed by atoms with E-state index in [4.69, 9.17) is 4.74 Å². The first-order valence-electron chi connectivity index (χ1n) is 6.61. The third-order valence-electron chi connectivity index (χ3n) is 1.80. The van der Waals surface area contributed by atoms with Crippen LogP contribution in [0.4, 0.5) is 4.79 Å². The standard InChI is InChI=1S/C11H18N2O3S2.C2H6.H2/c1-5-18(15)9-7-12-8(17-9)6-13-10(14)16-11(2,3)4;1-2;/h7H,5-6H2,1-4H3,(H,13,14);1-2H3;1H. The molecule has 0 aliphatic heterocycles. The first-order valence-corrected chi connectivity index (χ1v) is 8.75.